The van der Waals surface area contributed by atoms with Gasteiger partial charge in [-0.15, -0.1) is 0 Å². The predicted molar refractivity (Wildman–Crippen MR) is 68.0 cm³/mol. The first-order valence-electron chi connectivity index (χ1n) is 6.21. The van der Waals surface area contributed by atoms with Gasteiger partial charge in [0.15, 0.2) is 9.84 Å². The highest BCUT2D eigenvalue weighted by Crippen LogP contribution is 2.14. The Labute approximate surface area is 107 Å². The van der Waals surface area contributed by atoms with Crippen LogP contribution >= 0.6 is 0 Å². The summed E-state index contributed by atoms with van der Waals surface area (Å²) in [5.74, 6) is 1.11. The van der Waals surface area contributed by atoms with Gasteiger partial charge < -0.3 is 14.5 Å². The van der Waals surface area contributed by atoms with Gasteiger partial charge in [0, 0.05) is 13.2 Å². The maximum absolute atomic E-state index is 11.8. The molecule has 5 nitrogen and oxygen atoms in total. The van der Waals surface area contributed by atoms with E-state index >= 15 is 0 Å². The zero-order chi connectivity index (χ0) is 12.8. The van der Waals surface area contributed by atoms with Crippen LogP contribution in [0.25, 0.3) is 0 Å². The van der Waals surface area contributed by atoms with Gasteiger partial charge in [-0.1, -0.05) is 0 Å². The van der Waals surface area contributed by atoms with Crippen molar-refractivity contribution in [3.05, 3.63) is 24.2 Å². The first-order chi connectivity index (χ1) is 8.66. The van der Waals surface area contributed by atoms with E-state index in [1.165, 1.54) is 0 Å². The third-order valence-electron chi connectivity index (χ3n) is 2.93. The van der Waals surface area contributed by atoms with Gasteiger partial charge in [0.05, 0.1) is 30.4 Å². The molecule has 1 aliphatic rings. The molecular formula is C12H19NO4S. The largest absolute Gasteiger partial charge is 0.468 e. The number of ether oxygens (including phenoxy) is 1. The fraction of sp³-hybridized carbons (Fsp3) is 0.667. The molecule has 1 saturated heterocycles. The number of nitrogens with one attached hydrogen (secondary N) is 1. The lowest BCUT2D eigenvalue weighted by molar-refractivity contribution is 0.127. The second kappa shape index (κ2) is 6.36. The van der Waals surface area contributed by atoms with Gasteiger partial charge in [-0.2, -0.15) is 0 Å². The zero-order valence-electron chi connectivity index (χ0n) is 10.3. The van der Waals surface area contributed by atoms with Crippen molar-refractivity contribution in [1.29, 1.82) is 0 Å². The van der Waals surface area contributed by atoms with Crippen LogP contribution < -0.4 is 5.32 Å². The van der Waals surface area contributed by atoms with Crippen LogP contribution in [0, 0.1) is 0 Å². The summed E-state index contributed by atoms with van der Waals surface area (Å²) in [6, 6.07) is 3.67. The van der Waals surface area contributed by atoms with Gasteiger partial charge in [-0.05, 0) is 25.0 Å². The van der Waals surface area contributed by atoms with Crippen molar-refractivity contribution >= 4 is 9.84 Å². The van der Waals surface area contributed by atoms with Crippen molar-refractivity contribution in [3.63, 3.8) is 0 Å². The Hall–Kier alpha value is -0.850. The Morgan fingerprint density at radius 3 is 3.00 bits per heavy atom. The molecule has 0 amide bonds. The maximum Gasteiger partial charge on any atom is 0.154 e. The molecule has 1 aromatic heterocycles. The molecule has 2 rings (SSSR count). The molecular weight excluding hydrogens is 254 g/mol. The molecule has 0 aliphatic carbocycles. The van der Waals surface area contributed by atoms with E-state index in [2.05, 4.69) is 5.32 Å². The highest BCUT2D eigenvalue weighted by Gasteiger charge is 2.22. The minimum absolute atomic E-state index is 0.0972. The first kappa shape index (κ1) is 13.6. The Balaban J connectivity index is 1.65. The van der Waals surface area contributed by atoms with Crippen LogP contribution in [0.3, 0.4) is 0 Å². The predicted octanol–water partition coefficient (Wildman–Crippen LogP) is 0.963. The molecule has 1 unspecified atom stereocenters. The molecule has 1 aromatic rings. The summed E-state index contributed by atoms with van der Waals surface area (Å²) in [5.41, 5.74) is 0. The van der Waals surface area contributed by atoms with Gasteiger partial charge in [0.2, 0.25) is 0 Å². The highest BCUT2D eigenvalue weighted by molar-refractivity contribution is 7.91. The van der Waals surface area contributed by atoms with Gasteiger partial charge in [0.25, 0.3) is 0 Å². The summed E-state index contributed by atoms with van der Waals surface area (Å²) in [7, 11) is -3.02. The van der Waals surface area contributed by atoms with Crippen LogP contribution in [0.1, 0.15) is 18.6 Å². The SMILES string of the molecule is O=S(=O)(CCNCc1ccco1)CC1CCCO1. The Morgan fingerprint density at radius 1 is 1.44 bits per heavy atom. The van der Waals surface area contributed by atoms with Gasteiger partial charge >= 0.3 is 0 Å². The summed E-state index contributed by atoms with van der Waals surface area (Å²) >= 11 is 0. The summed E-state index contributed by atoms with van der Waals surface area (Å²) < 4.78 is 34.1. The fourth-order valence-corrected chi connectivity index (χ4v) is 3.45. The molecule has 0 radical (unpaired) electrons. The topological polar surface area (TPSA) is 68.5 Å². The smallest absolute Gasteiger partial charge is 0.154 e. The maximum atomic E-state index is 11.8. The molecule has 6 heteroatoms. The van der Waals surface area contributed by atoms with Crippen LogP contribution in [0.4, 0.5) is 0 Å². The van der Waals surface area contributed by atoms with E-state index in [0.717, 1.165) is 18.6 Å². The number of sulfone groups is 1. The molecule has 102 valence electrons. The summed E-state index contributed by atoms with van der Waals surface area (Å²) in [6.07, 6.45) is 3.33. The Kier molecular flexibility index (Phi) is 4.79. The van der Waals surface area contributed by atoms with E-state index in [-0.39, 0.29) is 17.6 Å². The van der Waals surface area contributed by atoms with Crippen molar-refractivity contribution in [2.24, 2.45) is 0 Å². The minimum Gasteiger partial charge on any atom is -0.468 e. The monoisotopic (exact) mass is 273 g/mol. The van der Waals surface area contributed by atoms with Crippen molar-refractivity contribution in [2.45, 2.75) is 25.5 Å². The molecule has 18 heavy (non-hydrogen) atoms. The zero-order valence-corrected chi connectivity index (χ0v) is 11.1. The first-order valence-corrected chi connectivity index (χ1v) is 8.03. The van der Waals surface area contributed by atoms with E-state index in [0.29, 0.717) is 19.7 Å². The highest BCUT2D eigenvalue weighted by atomic mass is 32.2. The second-order valence-corrected chi connectivity index (χ2v) is 6.73. The van der Waals surface area contributed by atoms with Crippen LogP contribution in [-0.2, 0) is 21.1 Å². The van der Waals surface area contributed by atoms with Crippen LogP contribution in [-0.4, -0.2) is 39.2 Å². The van der Waals surface area contributed by atoms with E-state index < -0.39 is 9.84 Å². The van der Waals surface area contributed by atoms with Crippen molar-refractivity contribution in [1.82, 2.24) is 5.32 Å². The van der Waals surface area contributed by atoms with E-state index in [4.69, 9.17) is 9.15 Å². The second-order valence-electron chi connectivity index (χ2n) is 4.51. The molecule has 0 bridgehead atoms. The number of rotatable bonds is 7. The van der Waals surface area contributed by atoms with Crippen molar-refractivity contribution < 1.29 is 17.6 Å². The van der Waals surface area contributed by atoms with Gasteiger partial charge in [-0.3, -0.25) is 0 Å². The van der Waals surface area contributed by atoms with Crippen LogP contribution in [0.15, 0.2) is 22.8 Å². The molecule has 1 atom stereocenters. The molecule has 0 aromatic carbocycles. The average molecular weight is 273 g/mol. The summed E-state index contributed by atoms with van der Waals surface area (Å²) in [4.78, 5) is 0. The Morgan fingerprint density at radius 2 is 2.33 bits per heavy atom. The number of furan rings is 1. The lowest BCUT2D eigenvalue weighted by Gasteiger charge is -2.10. The lowest BCUT2D eigenvalue weighted by atomic mass is 10.3. The average Bonchev–Trinajstić information content (AvgIpc) is 2.96. The van der Waals surface area contributed by atoms with Crippen molar-refractivity contribution in [2.75, 3.05) is 24.7 Å². The molecule has 2 heterocycles. The minimum atomic E-state index is -3.02. The lowest BCUT2D eigenvalue weighted by Crippen LogP contribution is -2.28. The summed E-state index contributed by atoms with van der Waals surface area (Å²) in [6.45, 7) is 1.69. The number of hydrogen-bond acceptors (Lipinski definition) is 5. The molecule has 0 saturated carbocycles. The third kappa shape index (κ3) is 4.44. The fourth-order valence-electron chi connectivity index (χ4n) is 1.99. The quantitative estimate of drug-likeness (QED) is 0.750. The van der Waals surface area contributed by atoms with E-state index in [9.17, 15) is 8.42 Å². The Bertz CT molecular complexity index is 435. The van der Waals surface area contributed by atoms with Crippen molar-refractivity contribution in [3.8, 4) is 0 Å². The number of hydrogen-bond donors (Lipinski definition) is 1. The van der Waals surface area contributed by atoms with Gasteiger partial charge in [-0.25, -0.2) is 8.42 Å². The third-order valence-corrected chi connectivity index (χ3v) is 4.64. The normalized spacial score (nSPS) is 20.3. The van der Waals surface area contributed by atoms with Crippen LogP contribution in [0.5, 0.6) is 0 Å². The molecule has 0 spiro atoms. The molecule has 1 N–H and O–H groups in total. The van der Waals surface area contributed by atoms with E-state index in [1.54, 1.807) is 6.26 Å². The molecule has 1 fully saturated rings. The van der Waals surface area contributed by atoms with Gasteiger partial charge in [0.1, 0.15) is 5.76 Å². The van der Waals surface area contributed by atoms with Crippen LogP contribution in [0.2, 0.25) is 0 Å². The standard InChI is InChI=1S/C12H19NO4S/c14-18(15,10-12-4-2-7-17-12)8-5-13-9-11-3-1-6-16-11/h1,3,6,12-13H,2,4-5,7-10H2. The van der Waals surface area contributed by atoms with E-state index in [1.807, 2.05) is 12.1 Å². The summed E-state index contributed by atoms with van der Waals surface area (Å²) in [5, 5.41) is 3.06. The molecule has 1 aliphatic heterocycles.